The summed E-state index contributed by atoms with van der Waals surface area (Å²) in [6.07, 6.45) is 0.732. The van der Waals surface area contributed by atoms with Gasteiger partial charge in [-0.05, 0) is 31.5 Å². The Balaban J connectivity index is 1.48. The van der Waals surface area contributed by atoms with E-state index < -0.39 is 0 Å². The zero-order valence-corrected chi connectivity index (χ0v) is 14.6. The third kappa shape index (κ3) is 4.17. The molecule has 2 aromatic rings. The molecule has 2 amide bonds. The Morgan fingerprint density at radius 2 is 2.12 bits per heavy atom. The van der Waals surface area contributed by atoms with Crippen LogP contribution in [0.15, 0.2) is 23.6 Å². The third-order valence-electron chi connectivity index (χ3n) is 3.75. The molecule has 0 fully saturated rings. The highest BCUT2D eigenvalue weighted by Crippen LogP contribution is 2.32. The van der Waals surface area contributed by atoms with Gasteiger partial charge < -0.3 is 20.1 Å². The minimum absolute atomic E-state index is 0.123. The molecule has 24 heavy (non-hydrogen) atoms. The van der Waals surface area contributed by atoms with Gasteiger partial charge in [-0.15, -0.1) is 11.3 Å². The van der Waals surface area contributed by atoms with Crippen molar-refractivity contribution < 1.29 is 14.3 Å². The van der Waals surface area contributed by atoms with Crippen molar-refractivity contribution in [2.24, 2.45) is 0 Å². The molecule has 1 aliphatic heterocycles. The highest BCUT2D eigenvalue weighted by atomic mass is 32.1. The summed E-state index contributed by atoms with van der Waals surface area (Å²) in [5, 5.41) is 8.86. The Hall–Kier alpha value is -2.28. The summed E-state index contributed by atoms with van der Waals surface area (Å²) in [6, 6.07) is 5.42. The minimum atomic E-state index is -0.190. The number of thiazole rings is 1. The summed E-state index contributed by atoms with van der Waals surface area (Å²) in [4.78, 5) is 16.4. The van der Waals surface area contributed by atoms with Gasteiger partial charge in [-0.1, -0.05) is 6.07 Å². The van der Waals surface area contributed by atoms with Crippen molar-refractivity contribution in [2.75, 3.05) is 19.8 Å². The van der Waals surface area contributed by atoms with Gasteiger partial charge in [-0.25, -0.2) is 9.78 Å². The number of fused-ring (bicyclic) bond motifs is 1. The van der Waals surface area contributed by atoms with Gasteiger partial charge in [0.25, 0.3) is 0 Å². The number of amides is 2. The van der Waals surface area contributed by atoms with Crippen molar-refractivity contribution in [1.29, 1.82) is 0 Å². The van der Waals surface area contributed by atoms with Gasteiger partial charge in [0.1, 0.15) is 13.2 Å². The molecule has 2 N–H and O–H groups in total. The van der Waals surface area contributed by atoms with Crippen LogP contribution in [0.5, 0.6) is 11.5 Å². The SMILES string of the molecule is Cc1nc(CCNC(=O)NC(C)c2ccc3c(c2)OCCO3)cs1. The number of nitrogens with one attached hydrogen (secondary N) is 2. The van der Waals surface area contributed by atoms with Gasteiger partial charge in [0.2, 0.25) is 0 Å². The van der Waals surface area contributed by atoms with E-state index in [0.717, 1.165) is 34.2 Å². The average molecular weight is 347 g/mol. The van der Waals surface area contributed by atoms with Crippen LogP contribution < -0.4 is 20.1 Å². The number of rotatable bonds is 5. The summed E-state index contributed by atoms with van der Waals surface area (Å²) in [7, 11) is 0. The molecule has 0 radical (unpaired) electrons. The molecule has 1 aliphatic rings. The number of aromatic nitrogens is 1. The van der Waals surface area contributed by atoms with Crippen LogP contribution >= 0.6 is 11.3 Å². The Bertz CT molecular complexity index is 717. The fourth-order valence-electron chi connectivity index (χ4n) is 2.49. The van der Waals surface area contributed by atoms with Gasteiger partial charge in [-0.3, -0.25) is 0 Å². The van der Waals surface area contributed by atoms with Crippen LogP contribution in [0.2, 0.25) is 0 Å². The fourth-order valence-corrected chi connectivity index (χ4v) is 3.13. The van der Waals surface area contributed by atoms with E-state index in [9.17, 15) is 4.79 Å². The molecule has 3 rings (SSSR count). The van der Waals surface area contributed by atoms with Crippen molar-refractivity contribution in [2.45, 2.75) is 26.3 Å². The van der Waals surface area contributed by atoms with Crippen LogP contribution in [-0.4, -0.2) is 30.8 Å². The van der Waals surface area contributed by atoms with Gasteiger partial charge >= 0.3 is 6.03 Å². The standard InChI is InChI=1S/C17H21N3O3S/c1-11(13-3-4-15-16(9-13)23-8-7-22-15)19-17(21)18-6-5-14-10-24-12(2)20-14/h3-4,9-11H,5-8H2,1-2H3,(H2,18,19,21). The highest BCUT2D eigenvalue weighted by Gasteiger charge is 2.15. The van der Waals surface area contributed by atoms with E-state index >= 15 is 0 Å². The fraction of sp³-hybridized carbons (Fsp3) is 0.412. The minimum Gasteiger partial charge on any atom is -0.486 e. The van der Waals surface area contributed by atoms with Crippen molar-refractivity contribution in [3.05, 3.63) is 39.8 Å². The van der Waals surface area contributed by atoms with Gasteiger partial charge in [0.15, 0.2) is 11.5 Å². The molecule has 0 bridgehead atoms. The van der Waals surface area contributed by atoms with Crippen molar-refractivity contribution in [3.63, 3.8) is 0 Å². The first-order chi connectivity index (χ1) is 11.6. The van der Waals surface area contributed by atoms with Gasteiger partial charge in [0, 0.05) is 18.3 Å². The quantitative estimate of drug-likeness (QED) is 0.872. The third-order valence-corrected chi connectivity index (χ3v) is 4.57. The van der Waals surface area contributed by atoms with Crippen LogP contribution in [-0.2, 0) is 6.42 Å². The predicted octanol–water partition coefficient (Wildman–Crippen LogP) is 2.83. The van der Waals surface area contributed by atoms with Crippen LogP contribution in [0.1, 0.15) is 29.2 Å². The highest BCUT2D eigenvalue weighted by molar-refractivity contribution is 7.09. The zero-order chi connectivity index (χ0) is 16.9. The lowest BCUT2D eigenvalue weighted by atomic mass is 10.1. The van der Waals surface area contributed by atoms with E-state index in [1.807, 2.05) is 37.4 Å². The number of hydrogen-bond donors (Lipinski definition) is 2. The summed E-state index contributed by atoms with van der Waals surface area (Å²) in [6.45, 7) is 5.59. The Morgan fingerprint density at radius 3 is 2.88 bits per heavy atom. The average Bonchev–Trinajstić information content (AvgIpc) is 2.99. The number of carbonyl (C=O) groups is 1. The maximum atomic E-state index is 12.0. The van der Waals surface area contributed by atoms with E-state index in [2.05, 4.69) is 15.6 Å². The number of nitrogens with zero attached hydrogens (tertiary/aromatic N) is 1. The monoisotopic (exact) mass is 347 g/mol. The number of urea groups is 1. The Labute approximate surface area is 145 Å². The van der Waals surface area contributed by atoms with Gasteiger partial charge in [-0.2, -0.15) is 0 Å². The number of ether oxygens (including phenoxy) is 2. The van der Waals surface area contributed by atoms with Crippen LogP contribution in [0.3, 0.4) is 0 Å². The maximum Gasteiger partial charge on any atom is 0.315 e. The van der Waals surface area contributed by atoms with E-state index in [4.69, 9.17) is 9.47 Å². The largest absolute Gasteiger partial charge is 0.486 e. The normalized spacial score (nSPS) is 14.1. The second-order valence-electron chi connectivity index (χ2n) is 5.63. The molecule has 7 heteroatoms. The topological polar surface area (TPSA) is 72.5 Å². The summed E-state index contributed by atoms with van der Waals surface area (Å²) >= 11 is 1.62. The zero-order valence-electron chi connectivity index (χ0n) is 13.8. The van der Waals surface area contributed by atoms with E-state index in [0.29, 0.717) is 19.8 Å². The van der Waals surface area contributed by atoms with Crippen LogP contribution in [0.25, 0.3) is 0 Å². The Morgan fingerprint density at radius 1 is 1.33 bits per heavy atom. The number of aryl methyl sites for hydroxylation is 1. The molecule has 6 nitrogen and oxygen atoms in total. The molecule has 2 heterocycles. The molecule has 1 aromatic heterocycles. The number of carbonyl (C=O) groups excluding carboxylic acids is 1. The molecular weight excluding hydrogens is 326 g/mol. The molecule has 1 unspecified atom stereocenters. The van der Waals surface area contributed by atoms with Gasteiger partial charge in [0.05, 0.1) is 16.7 Å². The van der Waals surface area contributed by atoms with E-state index in [1.165, 1.54) is 0 Å². The summed E-state index contributed by atoms with van der Waals surface area (Å²) < 4.78 is 11.1. The van der Waals surface area contributed by atoms with E-state index in [-0.39, 0.29) is 12.1 Å². The molecule has 1 aromatic carbocycles. The second kappa shape index (κ2) is 7.53. The number of benzene rings is 1. The molecule has 0 spiro atoms. The molecule has 0 saturated heterocycles. The molecule has 0 aliphatic carbocycles. The first-order valence-corrected chi connectivity index (χ1v) is 8.84. The van der Waals surface area contributed by atoms with Crippen molar-refractivity contribution in [3.8, 4) is 11.5 Å². The summed E-state index contributed by atoms with van der Waals surface area (Å²) in [5.74, 6) is 1.48. The van der Waals surface area contributed by atoms with Crippen molar-refractivity contribution in [1.82, 2.24) is 15.6 Å². The molecule has 1 atom stereocenters. The predicted molar refractivity (Wildman–Crippen MR) is 92.9 cm³/mol. The van der Waals surface area contributed by atoms with Crippen LogP contribution in [0.4, 0.5) is 4.79 Å². The van der Waals surface area contributed by atoms with Crippen molar-refractivity contribution >= 4 is 17.4 Å². The lowest BCUT2D eigenvalue weighted by Gasteiger charge is -2.21. The maximum absolute atomic E-state index is 12.0. The Kier molecular flexibility index (Phi) is 5.20. The molecular formula is C17H21N3O3S. The molecule has 128 valence electrons. The first kappa shape index (κ1) is 16.6. The first-order valence-electron chi connectivity index (χ1n) is 7.97. The second-order valence-corrected chi connectivity index (χ2v) is 6.70. The summed E-state index contributed by atoms with van der Waals surface area (Å²) in [5.41, 5.74) is 1.99. The van der Waals surface area contributed by atoms with E-state index in [1.54, 1.807) is 11.3 Å². The molecule has 0 saturated carbocycles. The smallest absolute Gasteiger partial charge is 0.315 e. The number of hydrogen-bond acceptors (Lipinski definition) is 5. The lowest BCUT2D eigenvalue weighted by molar-refractivity contribution is 0.171. The lowest BCUT2D eigenvalue weighted by Crippen LogP contribution is -2.38. The van der Waals surface area contributed by atoms with Crippen LogP contribution in [0, 0.1) is 6.92 Å².